The third kappa shape index (κ3) is 5.68. The van der Waals surface area contributed by atoms with E-state index in [-0.39, 0.29) is 0 Å². The van der Waals surface area contributed by atoms with Crippen LogP contribution >= 0.6 is 0 Å². The Balaban J connectivity index is 3.78. The molecule has 0 aromatic rings. The van der Waals surface area contributed by atoms with Gasteiger partial charge in [0.15, 0.2) is 0 Å². The quantitative estimate of drug-likeness (QED) is 0.387. The summed E-state index contributed by atoms with van der Waals surface area (Å²) in [5.74, 6) is 0. The largest absolute Gasteiger partial charge is 0.103 e. The highest BCUT2D eigenvalue weighted by molar-refractivity contribution is 5.11. The Kier molecular flexibility index (Phi) is 7.77. The summed E-state index contributed by atoms with van der Waals surface area (Å²) in [6.07, 6.45) is 9.54. The van der Waals surface area contributed by atoms with Crippen LogP contribution < -0.4 is 0 Å². The van der Waals surface area contributed by atoms with Crippen molar-refractivity contribution in [2.75, 3.05) is 0 Å². The SMILES string of the molecule is C=CCCCCC(CC)=C(C)CC. The first-order valence-corrected chi connectivity index (χ1v) is 5.54. The lowest BCUT2D eigenvalue weighted by molar-refractivity contribution is 0.718. The molecule has 0 spiro atoms. The molecule has 0 aliphatic carbocycles. The van der Waals surface area contributed by atoms with Gasteiger partial charge in [-0.25, -0.2) is 0 Å². The van der Waals surface area contributed by atoms with Gasteiger partial charge in [-0.15, -0.1) is 6.58 Å². The molecule has 0 atom stereocenters. The van der Waals surface area contributed by atoms with E-state index >= 15 is 0 Å². The van der Waals surface area contributed by atoms with E-state index < -0.39 is 0 Å². The molecule has 0 heterocycles. The molecular formula is C13H24. The smallest absolute Gasteiger partial charge is 0.0318 e. The average Bonchev–Trinajstić information content (AvgIpc) is 2.17. The van der Waals surface area contributed by atoms with E-state index in [1.165, 1.54) is 38.5 Å². The molecule has 0 unspecified atom stereocenters. The van der Waals surface area contributed by atoms with Gasteiger partial charge in [-0.3, -0.25) is 0 Å². The van der Waals surface area contributed by atoms with E-state index in [4.69, 9.17) is 0 Å². The summed E-state index contributed by atoms with van der Waals surface area (Å²) in [6, 6.07) is 0. The second-order valence-electron chi connectivity index (χ2n) is 3.63. The highest BCUT2D eigenvalue weighted by atomic mass is 14.0. The monoisotopic (exact) mass is 180 g/mol. The van der Waals surface area contributed by atoms with Crippen LogP contribution in [0.25, 0.3) is 0 Å². The van der Waals surface area contributed by atoms with E-state index in [1.807, 2.05) is 6.08 Å². The first kappa shape index (κ1) is 12.5. The van der Waals surface area contributed by atoms with Crippen LogP contribution in [0.5, 0.6) is 0 Å². The number of allylic oxidation sites excluding steroid dienone is 3. The molecule has 0 aliphatic heterocycles. The normalized spacial score (nSPS) is 12.5. The van der Waals surface area contributed by atoms with Crippen LogP contribution in [0.1, 0.15) is 59.3 Å². The maximum absolute atomic E-state index is 3.74. The summed E-state index contributed by atoms with van der Waals surface area (Å²) >= 11 is 0. The van der Waals surface area contributed by atoms with Crippen LogP contribution in [0.15, 0.2) is 23.8 Å². The molecule has 0 bridgehead atoms. The topological polar surface area (TPSA) is 0 Å². The zero-order valence-electron chi connectivity index (χ0n) is 9.53. The van der Waals surface area contributed by atoms with E-state index in [0.717, 1.165) is 0 Å². The van der Waals surface area contributed by atoms with Crippen molar-refractivity contribution >= 4 is 0 Å². The van der Waals surface area contributed by atoms with Crippen LogP contribution in [-0.2, 0) is 0 Å². The molecule has 0 aromatic carbocycles. The molecule has 0 nitrogen and oxygen atoms in total. The highest BCUT2D eigenvalue weighted by Crippen LogP contribution is 2.18. The van der Waals surface area contributed by atoms with E-state index in [0.29, 0.717) is 0 Å². The molecule has 0 radical (unpaired) electrons. The first-order valence-electron chi connectivity index (χ1n) is 5.54. The molecule has 0 aromatic heterocycles. The van der Waals surface area contributed by atoms with Gasteiger partial charge in [0.05, 0.1) is 0 Å². The Labute approximate surface area is 83.7 Å². The summed E-state index contributed by atoms with van der Waals surface area (Å²) in [7, 11) is 0. The third-order valence-corrected chi connectivity index (χ3v) is 2.70. The van der Waals surface area contributed by atoms with Crippen molar-refractivity contribution in [3.63, 3.8) is 0 Å². The van der Waals surface area contributed by atoms with E-state index in [9.17, 15) is 0 Å². The van der Waals surface area contributed by atoms with Gasteiger partial charge in [-0.1, -0.05) is 31.1 Å². The van der Waals surface area contributed by atoms with Crippen LogP contribution in [-0.4, -0.2) is 0 Å². The van der Waals surface area contributed by atoms with E-state index in [2.05, 4.69) is 27.4 Å². The summed E-state index contributed by atoms with van der Waals surface area (Å²) < 4.78 is 0. The van der Waals surface area contributed by atoms with Gasteiger partial charge in [0, 0.05) is 0 Å². The maximum atomic E-state index is 3.74. The predicted molar refractivity (Wildman–Crippen MR) is 61.9 cm³/mol. The van der Waals surface area contributed by atoms with E-state index in [1.54, 1.807) is 11.1 Å². The molecule has 0 N–H and O–H groups in total. The summed E-state index contributed by atoms with van der Waals surface area (Å²) in [5, 5.41) is 0. The van der Waals surface area contributed by atoms with Crippen LogP contribution in [0.3, 0.4) is 0 Å². The molecule has 0 amide bonds. The van der Waals surface area contributed by atoms with Crippen molar-refractivity contribution in [1.29, 1.82) is 0 Å². The van der Waals surface area contributed by atoms with Crippen LogP contribution in [0.2, 0.25) is 0 Å². The van der Waals surface area contributed by atoms with Gasteiger partial charge in [0.1, 0.15) is 0 Å². The van der Waals surface area contributed by atoms with Crippen molar-refractivity contribution in [2.24, 2.45) is 0 Å². The van der Waals surface area contributed by atoms with Crippen molar-refractivity contribution in [3.05, 3.63) is 23.8 Å². The van der Waals surface area contributed by atoms with Gasteiger partial charge in [0.2, 0.25) is 0 Å². The summed E-state index contributed by atoms with van der Waals surface area (Å²) in [5.41, 5.74) is 3.27. The standard InChI is InChI=1S/C13H24/c1-5-8-9-10-11-13(7-3)12(4)6-2/h5H,1,6-11H2,2-4H3. The molecule has 0 fully saturated rings. The van der Waals surface area contributed by atoms with Crippen molar-refractivity contribution in [3.8, 4) is 0 Å². The molecular weight excluding hydrogens is 156 g/mol. The minimum Gasteiger partial charge on any atom is -0.103 e. The fourth-order valence-electron chi connectivity index (χ4n) is 1.57. The minimum absolute atomic E-state index is 1.17. The minimum atomic E-state index is 1.17. The average molecular weight is 180 g/mol. The number of hydrogen-bond acceptors (Lipinski definition) is 0. The summed E-state index contributed by atoms with van der Waals surface area (Å²) in [4.78, 5) is 0. The highest BCUT2D eigenvalue weighted by Gasteiger charge is 1.98. The van der Waals surface area contributed by atoms with Gasteiger partial charge in [0.25, 0.3) is 0 Å². The Morgan fingerprint density at radius 2 is 1.85 bits per heavy atom. The zero-order chi connectivity index (χ0) is 10.1. The lowest BCUT2D eigenvalue weighted by atomic mass is 9.99. The lowest BCUT2D eigenvalue weighted by Gasteiger charge is -2.08. The molecule has 0 aliphatic rings. The number of rotatable bonds is 7. The predicted octanol–water partition coefficient (Wildman–Crippen LogP) is 4.87. The number of unbranched alkanes of at least 4 members (excludes halogenated alkanes) is 2. The number of hydrogen-bond donors (Lipinski definition) is 0. The second kappa shape index (κ2) is 8.10. The van der Waals surface area contributed by atoms with Crippen LogP contribution in [0.4, 0.5) is 0 Å². The van der Waals surface area contributed by atoms with Gasteiger partial charge in [-0.2, -0.15) is 0 Å². The van der Waals surface area contributed by atoms with Gasteiger partial charge < -0.3 is 0 Å². The molecule has 0 saturated heterocycles. The maximum Gasteiger partial charge on any atom is -0.0318 e. The van der Waals surface area contributed by atoms with Gasteiger partial charge >= 0.3 is 0 Å². The molecule has 76 valence electrons. The lowest BCUT2D eigenvalue weighted by Crippen LogP contribution is -1.88. The molecule has 0 rings (SSSR count). The van der Waals surface area contributed by atoms with Crippen molar-refractivity contribution < 1.29 is 0 Å². The molecule has 13 heavy (non-hydrogen) atoms. The summed E-state index contributed by atoms with van der Waals surface area (Å²) in [6.45, 7) is 10.5. The molecule has 0 saturated carbocycles. The van der Waals surface area contributed by atoms with Crippen molar-refractivity contribution in [1.82, 2.24) is 0 Å². The van der Waals surface area contributed by atoms with Crippen molar-refractivity contribution in [2.45, 2.75) is 59.3 Å². The Morgan fingerprint density at radius 1 is 1.15 bits per heavy atom. The Morgan fingerprint density at radius 3 is 2.31 bits per heavy atom. The third-order valence-electron chi connectivity index (χ3n) is 2.70. The zero-order valence-corrected chi connectivity index (χ0v) is 9.53. The van der Waals surface area contributed by atoms with Gasteiger partial charge in [-0.05, 0) is 45.4 Å². The fourth-order valence-corrected chi connectivity index (χ4v) is 1.57. The molecule has 0 heteroatoms. The second-order valence-corrected chi connectivity index (χ2v) is 3.63. The Hall–Kier alpha value is -0.520. The Bertz CT molecular complexity index is 163. The first-order chi connectivity index (χ1) is 6.26. The van der Waals surface area contributed by atoms with Crippen LogP contribution in [0, 0.1) is 0 Å². The fraction of sp³-hybridized carbons (Fsp3) is 0.692.